The Labute approximate surface area is 114 Å². The Hall–Kier alpha value is -2.01. The summed E-state index contributed by atoms with van der Waals surface area (Å²) in [6, 6.07) is 9.77. The number of rotatable bonds is 4. The molecule has 0 unspecified atom stereocenters. The zero-order valence-electron chi connectivity index (χ0n) is 9.90. The Morgan fingerprint density at radius 2 is 1.68 bits per heavy atom. The zero-order valence-corrected chi connectivity index (χ0v) is 10.7. The molecule has 0 atom stereocenters. The van der Waals surface area contributed by atoms with E-state index in [2.05, 4.69) is 0 Å². The van der Waals surface area contributed by atoms with Gasteiger partial charge < -0.3 is 10.5 Å². The van der Waals surface area contributed by atoms with Crippen LogP contribution >= 0.6 is 12.2 Å². The first-order chi connectivity index (χ1) is 9.06. The molecule has 2 N–H and O–H groups in total. The van der Waals surface area contributed by atoms with Gasteiger partial charge in [0.05, 0.1) is 0 Å². The lowest BCUT2D eigenvalue weighted by atomic mass is 10.1. The highest BCUT2D eigenvalue weighted by Crippen LogP contribution is 2.16. The zero-order chi connectivity index (χ0) is 13.8. The van der Waals surface area contributed by atoms with Crippen LogP contribution in [0.15, 0.2) is 42.5 Å². The molecule has 0 amide bonds. The average molecular weight is 279 g/mol. The van der Waals surface area contributed by atoms with E-state index in [1.54, 1.807) is 6.07 Å². The predicted molar refractivity (Wildman–Crippen MR) is 73.0 cm³/mol. The van der Waals surface area contributed by atoms with Crippen molar-refractivity contribution in [2.75, 3.05) is 0 Å². The monoisotopic (exact) mass is 279 g/mol. The van der Waals surface area contributed by atoms with Crippen LogP contribution in [0.3, 0.4) is 0 Å². The number of ether oxygens (including phenoxy) is 1. The predicted octanol–water partition coefficient (Wildman–Crippen LogP) is 3.18. The molecule has 19 heavy (non-hydrogen) atoms. The molecule has 0 aliphatic heterocycles. The fourth-order valence-corrected chi connectivity index (χ4v) is 1.79. The summed E-state index contributed by atoms with van der Waals surface area (Å²) in [6.07, 6.45) is 0. The van der Waals surface area contributed by atoms with Gasteiger partial charge in [-0.05, 0) is 42.0 Å². The summed E-state index contributed by atoms with van der Waals surface area (Å²) < 4.78 is 31.3. The van der Waals surface area contributed by atoms with Gasteiger partial charge in [0.25, 0.3) is 0 Å². The standard InChI is InChI=1S/C14H11F2NOS/c15-10-3-5-12(6-4-10)18-8-9-1-2-11(16)7-13(9)14(17)19/h1-7H,8H2,(H2,17,19). The van der Waals surface area contributed by atoms with Crippen LogP contribution in [0, 0.1) is 11.6 Å². The van der Waals surface area contributed by atoms with Crippen LogP contribution in [0.5, 0.6) is 5.75 Å². The highest BCUT2D eigenvalue weighted by Gasteiger charge is 2.07. The molecule has 98 valence electrons. The summed E-state index contributed by atoms with van der Waals surface area (Å²) in [5.41, 5.74) is 6.65. The molecule has 0 bridgehead atoms. The van der Waals surface area contributed by atoms with E-state index in [0.29, 0.717) is 16.9 Å². The minimum atomic E-state index is -0.409. The summed E-state index contributed by atoms with van der Waals surface area (Å²) in [5, 5.41) is 0. The van der Waals surface area contributed by atoms with Crippen molar-refractivity contribution in [2.45, 2.75) is 6.61 Å². The Balaban J connectivity index is 2.15. The quantitative estimate of drug-likeness (QED) is 0.873. The summed E-state index contributed by atoms with van der Waals surface area (Å²) >= 11 is 4.86. The van der Waals surface area contributed by atoms with E-state index in [1.165, 1.54) is 36.4 Å². The van der Waals surface area contributed by atoms with Gasteiger partial charge in [0, 0.05) is 5.56 Å². The molecule has 0 aliphatic carbocycles. The van der Waals surface area contributed by atoms with Gasteiger partial charge >= 0.3 is 0 Å². The molecular formula is C14H11F2NOS. The minimum Gasteiger partial charge on any atom is -0.489 e. The Bertz CT molecular complexity index is 599. The molecule has 0 fully saturated rings. The Morgan fingerprint density at radius 3 is 2.32 bits per heavy atom. The van der Waals surface area contributed by atoms with Crippen molar-refractivity contribution in [3.05, 3.63) is 65.2 Å². The van der Waals surface area contributed by atoms with Crippen LogP contribution in [0.25, 0.3) is 0 Å². The largest absolute Gasteiger partial charge is 0.489 e. The van der Waals surface area contributed by atoms with Gasteiger partial charge in [0.15, 0.2) is 0 Å². The van der Waals surface area contributed by atoms with E-state index in [-0.39, 0.29) is 17.4 Å². The third kappa shape index (κ3) is 3.48. The molecule has 0 saturated heterocycles. The topological polar surface area (TPSA) is 35.2 Å². The molecule has 2 aromatic carbocycles. The Morgan fingerprint density at radius 1 is 1.05 bits per heavy atom. The van der Waals surface area contributed by atoms with Gasteiger partial charge in [-0.25, -0.2) is 8.78 Å². The lowest BCUT2D eigenvalue weighted by molar-refractivity contribution is 0.305. The van der Waals surface area contributed by atoms with Crippen LogP contribution in [0.4, 0.5) is 8.78 Å². The van der Waals surface area contributed by atoms with Crippen molar-refractivity contribution in [2.24, 2.45) is 5.73 Å². The molecule has 2 aromatic rings. The van der Waals surface area contributed by atoms with Gasteiger partial charge in [0.1, 0.15) is 29.0 Å². The summed E-state index contributed by atoms with van der Waals surface area (Å²) in [4.78, 5) is 0.109. The third-order valence-corrected chi connectivity index (χ3v) is 2.77. The molecule has 0 spiro atoms. The highest BCUT2D eigenvalue weighted by molar-refractivity contribution is 7.80. The second-order valence-corrected chi connectivity index (χ2v) is 4.35. The summed E-state index contributed by atoms with van der Waals surface area (Å²) in [7, 11) is 0. The molecule has 0 aromatic heterocycles. The van der Waals surface area contributed by atoms with E-state index < -0.39 is 5.82 Å². The number of nitrogens with two attached hydrogens (primary N) is 1. The normalized spacial score (nSPS) is 10.2. The fourth-order valence-electron chi connectivity index (χ4n) is 1.60. The van der Waals surface area contributed by atoms with E-state index >= 15 is 0 Å². The Kier molecular flexibility index (Phi) is 4.06. The van der Waals surface area contributed by atoms with Gasteiger partial charge in [-0.3, -0.25) is 0 Å². The lowest BCUT2D eigenvalue weighted by Gasteiger charge is -2.10. The fraction of sp³-hybridized carbons (Fsp3) is 0.0714. The van der Waals surface area contributed by atoms with E-state index in [0.717, 1.165) is 0 Å². The lowest BCUT2D eigenvalue weighted by Crippen LogP contribution is -2.14. The van der Waals surface area contributed by atoms with Crippen LogP contribution in [-0.4, -0.2) is 4.99 Å². The molecular weight excluding hydrogens is 268 g/mol. The van der Waals surface area contributed by atoms with E-state index in [1.807, 2.05) is 0 Å². The number of thiocarbonyl (C=S) groups is 1. The molecule has 0 heterocycles. The smallest absolute Gasteiger partial charge is 0.123 e. The average Bonchev–Trinajstić information content (AvgIpc) is 2.39. The first-order valence-corrected chi connectivity index (χ1v) is 5.93. The maximum absolute atomic E-state index is 13.1. The molecule has 5 heteroatoms. The highest BCUT2D eigenvalue weighted by atomic mass is 32.1. The van der Waals surface area contributed by atoms with Gasteiger partial charge in [0.2, 0.25) is 0 Å². The molecule has 0 saturated carbocycles. The first kappa shape index (κ1) is 13.4. The van der Waals surface area contributed by atoms with Crippen molar-refractivity contribution >= 4 is 17.2 Å². The molecule has 0 radical (unpaired) electrons. The van der Waals surface area contributed by atoms with E-state index in [4.69, 9.17) is 22.7 Å². The number of hydrogen-bond donors (Lipinski definition) is 1. The van der Waals surface area contributed by atoms with Crippen LogP contribution in [0.2, 0.25) is 0 Å². The first-order valence-electron chi connectivity index (χ1n) is 5.53. The minimum absolute atomic E-state index is 0.109. The van der Waals surface area contributed by atoms with Gasteiger partial charge in [-0.1, -0.05) is 18.3 Å². The molecule has 0 aliphatic rings. The van der Waals surface area contributed by atoms with Gasteiger partial charge in [-0.15, -0.1) is 0 Å². The van der Waals surface area contributed by atoms with Crippen molar-refractivity contribution in [3.8, 4) is 5.75 Å². The summed E-state index contributed by atoms with van der Waals surface area (Å²) in [6.45, 7) is 0.179. The maximum Gasteiger partial charge on any atom is 0.123 e. The van der Waals surface area contributed by atoms with Crippen molar-refractivity contribution in [3.63, 3.8) is 0 Å². The number of hydrogen-bond acceptors (Lipinski definition) is 2. The molecule has 2 rings (SSSR count). The van der Waals surface area contributed by atoms with Crippen molar-refractivity contribution in [1.29, 1.82) is 0 Å². The van der Waals surface area contributed by atoms with Crippen molar-refractivity contribution in [1.82, 2.24) is 0 Å². The van der Waals surface area contributed by atoms with Crippen LogP contribution in [0.1, 0.15) is 11.1 Å². The van der Waals surface area contributed by atoms with Crippen LogP contribution in [-0.2, 0) is 6.61 Å². The third-order valence-electron chi connectivity index (χ3n) is 2.55. The van der Waals surface area contributed by atoms with Crippen molar-refractivity contribution < 1.29 is 13.5 Å². The second-order valence-electron chi connectivity index (χ2n) is 3.91. The van der Waals surface area contributed by atoms with E-state index in [9.17, 15) is 8.78 Å². The molecule has 2 nitrogen and oxygen atoms in total. The SMILES string of the molecule is NC(=S)c1cc(F)ccc1COc1ccc(F)cc1. The summed E-state index contributed by atoms with van der Waals surface area (Å²) in [5.74, 6) is -0.231. The number of halogens is 2. The van der Waals surface area contributed by atoms with Crippen LogP contribution < -0.4 is 10.5 Å². The second kappa shape index (κ2) is 5.75. The number of benzene rings is 2. The maximum atomic E-state index is 13.1. The van der Waals surface area contributed by atoms with Gasteiger partial charge in [-0.2, -0.15) is 0 Å².